The van der Waals surface area contributed by atoms with Crippen LogP contribution in [-0.4, -0.2) is 11.8 Å². The predicted octanol–water partition coefficient (Wildman–Crippen LogP) is 4.48. The van der Waals surface area contributed by atoms with E-state index in [1.54, 1.807) is 35.1 Å². The summed E-state index contributed by atoms with van der Waals surface area (Å²) in [6, 6.07) is 16.7. The largest absolute Gasteiger partial charge is 0.422 e. The number of Topliss-reactive ketones (excluding diaryl/α,β-unsaturated/α-hetero) is 1. The summed E-state index contributed by atoms with van der Waals surface area (Å²) in [5.74, 6) is -0.525. The first-order valence-corrected chi connectivity index (χ1v) is 9.11. The summed E-state index contributed by atoms with van der Waals surface area (Å²) in [4.78, 5) is 26.6. The maximum atomic E-state index is 12.6. The van der Waals surface area contributed by atoms with Gasteiger partial charge in [-0.05, 0) is 23.8 Å². The molecule has 3 nitrogen and oxygen atoms in total. The first-order chi connectivity index (χ1) is 11.2. The molecule has 2 aliphatic rings. The van der Waals surface area contributed by atoms with Crippen LogP contribution in [0.2, 0.25) is 0 Å². The quantitative estimate of drug-likeness (QED) is 0.252. The number of rotatable bonds is 1. The van der Waals surface area contributed by atoms with Gasteiger partial charge in [-0.3, -0.25) is 4.79 Å². The van der Waals surface area contributed by atoms with Gasteiger partial charge in [-0.2, -0.15) is 0 Å². The number of ketones is 1. The van der Waals surface area contributed by atoms with Crippen LogP contribution in [0.4, 0.5) is 0 Å². The summed E-state index contributed by atoms with van der Waals surface area (Å²) in [5.41, 5.74) is 1.62. The first-order valence-electron chi connectivity index (χ1n) is 6.96. The van der Waals surface area contributed by atoms with E-state index in [4.69, 9.17) is 4.74 Å². The average Bonchev–Trinajstić information content (AvgIpc) is 3.05. The van der Waals surface area contributed by atoms with Crippen molar-refractivity contribution in [2.75, 3.05) is 0 Å². The van der Waals surface area contributed by atoms with E-state index in [0.717, 1.165) is 10.5 Å². The van der Waals surface area contributed by atoms with Crippen LogP contribution in [0.5, 0.6) is 5.75 Å². The standard InChI is InChI=1S/C18H10O3S2/c19-17-12-8-4-5-9-13(12)21-18(20)16(17)15-10-14(22-23-15)11-6-2-1-3-7-11/h1-10H/b16-15+. The number of esters is 1. The Balaban J connectivity index is 1.78. The number of benzene rings is 2. The molecule has 0 N–H and O–H groups in total. The maximum absolute atomic E-state index is 12.6. The molecule has 2 heterocycles. The summed E-state index contributed by atoms with van der Waals surface area (Å²) in [7, 11) is 2.96. The van der Waals surface area contributed by atoms with Crippen molar-refractivity contribution < 1.29 is 14.3 Å². The van der Waals surface area contributed by atoms with Crippen LogP contribution in [0.1, 0.15) is 15.9 Å². The molecule has 0 radical (unpaired) electrons. The smallest absolute Gasteiger partial charge is 0.348 e. The van der Waals surface area contributed by atoms with Gasteiger partial charge in [0.2, 0.25) is 5.78 Å². The second kappa shape index (κ2) is 5.76. The van der Waals surface area contributed by atoms with Crippen LogP contribution in [0.15, 0.2) is 71.2 Å². The van der Waals surface area contributed by atoms with E-state index < -0.39 is 5.97 Å². The number of carbonyl (C=O) groups excluding carboxylic acids is 2. The Hall–Kier alpha value is -2.24. The van der Waals surface area contributed by atoms with E-state index in [1.165, 1.54) is 10.8 Å². The van der Waals surface area contributed by atoms with Crippen molar-refractivity contribution in [3.8, 4) is 5.75 Å². The summed E-state index contributed by atoms with van der Waals surface area (Å²) in [5, 5.41) is 0. The molecule has 112 valence electrons. The second-order valence-corrected chi connectivity index (χ2v) is 7.21. The lowest BCUT2D eigenvalue weighted by atomic mass is 9.99. The molecule has 23 heavy (non-hydrogen) atoms. The normalized spacial score (nSPS) is 20.1. The van der Waals surface area contributed by atoms with Gasteiger partial charge in [0.05, 0.1) is 5.56 Å². The van der Waals surface area contributed by atoms with E-state index in [2.05, 4.69) is 0 Å². The maximum Gasteiger partial charge on any atom is 0.348 e. The molecule has 0 atom stereocenters. The highest BCUT2D eigenvalue weighted by molar-refractivity contribution is 8.82. The minimum Gasteiger partial charge on any atom is -0.422 e. The van der Waals surface area contributed by atoms with Crippen molar-refractivity contribution in [1.82, 2.24) is 0 Å². The fourth-order valence-electron chi connectivity index (χ4n) is 2.44. The van der Waals surface area contributed by atoms with Gasteiger partial charge in [0.1, 0.15) is 11.3 Å². The molecule has 0 fully saturated rings. The molecule has 2 aliphatic heterocycles. The van der Waals surface area contributed by atoms with Crippen LogP contribution >= 0.6 is 21.6 Å². The predicted molar refractivity (Wildman–Crippen MR) is 93.0 cm³/mol. The molecule has 2 aromatic rings. The number of allylic oxidation sites excluding steroid dienone is 1. The fraction of sp³-hybridized carbons (Fsp3) is 0. The zero-order valence-corrected chi connectivity index (χ0v) is 13.4. The van der Waals surface area contributed by atoms with Crippen molar-refractivity contribution in [3.63, 3.8) is 0 Å². The lowest BCUT2D eigenvalue weighted by Gasteiger charge is -2.17. The number of para-hydroxylation sites is 1. The minimum atomic E-state index is -0.581. The number of fused-ring (bicyclic) bond motifs is 1. The third-order valence-electron chi connectivity index (χ3n) is 3.55. The monoisotopic (exact) mass is 338 g/mol. The molecule has 0 spiro atoms. The number of carbonyl (C=O) groups is 2. The zero-order chi connectivity index (χ0) is 15.8. The highest BCUT2D eigenvalue weighted by Crippen LogP contribution is 2.51. The molecule has 2 aromatic carbocycles. The van der Waals surface area contributed by atoms with Gasteiger partial charge >= 0.3 is 5.97 Å². The topological polar surface area (TPSA) is 43.4 Å². The van der Waals surface area contributed by atoms with Crippen molar-refractivity contribution in [2.24, 2.45) is 0 Å². The lowest BCUT2D eigenvalue weighted by molar-refractivity contribution is -0.130. The molecule has 0 unspecified atom stereocenters. The average molecular weight is 338 g/mol. The Labute approximate surface area is 140 Å². The minimum absolute atomic E-state index is 0.118. The molecule has 0 aliphatic carbocycles. The summed E-state index contributed by atoms with van der Waals surface area (Å²) in [6.45, 7) is 0. The van der Waals surface area contributed by atoms with Crippen LogP contribution in [0, 0.1) is 0 Å². The fourth-order valence-corrected chi connectivity index (χ4v) is 4.88. The molecule has 4 rings (SSSR count). The van der Waals surface area contributed by atoms with E-state index in [0.29, 0.717) is 16.2 Å². The number of ether oxygens (including phenoxy) is 1. The number of hydrogen-bond donors (Lipinski definition) is 0. The van der Waals surface area contributed by atoms with Crippen LogP contribution < -0.4 is 4.74 Å². The van der Waals surface area contributed by atoms with Crippen molar-refractivity contribution in [2.45, 2.75) is 0 Å². The molecular formula is C18H10O3S2. The van der Waals surface area contributed by atoms with Crippen LogP contribution in [0.25, 0.3) is 4.91 Å². The molecule has 0 saturated carbocycles. The first kappa shape index (κ1) is 14.4. The van der Waals surface area contributed by atoms with E-state index in [1.807, 2.05) is 36.4 Å². The van der Waals surface area contributed by atoms with E-state index >= 15 is 0 Å². The van der Waals surface area contributed by atoms with Gasteiger partial charge in [0.15, 0.2) is 0 Å². The second-order valence-electron chi connectivity index (χ2n) is 5.00. The van der Waals surface area contributed by atoms with Crippen LogP contribution in [-0.2, 0) is 4.79 Å². The van der Waals surface area contributed by atoms with Gasteiger partial charge < -0.3 is 4.74 Å². The van der Waals surface area contributed by atoms with E-state index in [-0.39, 0.29) is 11.4 Å². The summed E-state index contributed by atoms with van der Waals surface area (Å²) in [6.07, 6.45) is 1.88. The summed E-state index contributed by atoms with van der Waals surface area (Å²) >= 11 is 0. The van der Waals surface area contributed by atoms with Crippen molar-refractivity contribution in [1.29, 1.82) is 0 Å². The zero-order valence-electron chi connectivity index (χ0n) is 11.8. The molecule has 0 saturated heterocycles. The molecule has 0 aromatic heterocycles. The lowest BCUT2D eigenvalue weighted by Crippen LogP contribution is -2.25. The molecule has 5 heteroatoms. The van der Waals surface area contributed by atoms with Gasteiger partial charge in [0, 0.05) is 9.81 Å². The summed E-state index contributed by atoms with van der Waals surface area (Å²) < 4.78 is 5.30. The Morgan fingerprint density at radius 3 is 2.39 bits per heavy atom. The highest BCUT2D eigenvalue weighted by Gasteiger charge is 2.34. The Kier molecular flexibility index (Phi) is 3.59. The van der Waals surface area contributed by atoms with Crippen LogP contribution in [0.3, 0.4) is 0 Å². The van der Waals surface area contributed by atoms with Gasteiger partial charge in [-0.15, -0.1) is 0 Å². The van der Waals surface area contributed by atoms with E-state index in [9.17, 15) is 9.59 Å². The molecule has 0 amide bonds. The third-order valence-corrected chi connectivity index (χ3v) is 6.00. The third kappa shape index (κ3) is 2.52. The van der Waals surface area contributed by atoms with Gasteiger partial charge in [-0.1, -0.05) is 64.1 Å². The Morgan fingerprint density at radius 2 is 1.57 bits per heavy atom. The van der Waals surface area contributed by atoms with Gasteiger partial charge in [-0.25, -0.2) is 4.79 Å². The molecule has 0 bridgehead atoms. The van der Waals surface area contributed by atoms with Gasteiger partial charge in [0.25, 0.3) is 0 Å². The van der Waals surface area contributed by atoms with Crippen molar-refractivity contribution in [3.05, 3.63) is 82.3 Å². The van der Waals surface area contributed by atoms with Crippen molar-refractivity contribution >= 4 is 38.2 Å². The number of hydrogen-bond acceptors (Lipinski definition) is 5. The SMILES string of the molecule is O=C1Oc2ccccc2C(=O)/C1=C1/C=C(c2ccccc2)SS1. The highest BCUT2D eigenvalue weighted by atomic mass is 33.1. The Morgan fingerprint density at radius 1 is 0.826 bits per heavy atom. The molecular weight excluding hydrogens is 328 g/mol. The Bertz CT molecular complexity index is 882.